The first-order valence-corrected chi connectivity index (χ1v) is 25.4. The molecule has 1 atom stereocenters. The van der Waals surface area contributed by atoms with Crippen molar-refractivity contribution < 1.29 is 27.8 Å². The van der Waals surface area contributed by atoms with Crippen LogP contribution in [0.25, 0.3) is 22.4 Å². The molecule has 0 unspecified atom stereocenters. The van der Waals surface area contributed by atoms with Crippen LogP contribution < -0.4 is 19.8 Å². The minimum absolute atomic E-state index is 0.161. The van der Waals surface area contributed by atoms with Crippen molar-refractivity contribution in [3.63, 3.8) is 0 Å². The van der Waals surface area contributed by atoms with Crippen LogP contribution in [0.5, 0.6) is 0 Å². The number of carbonyl (C=O) groups is 1. The molecule has 0 amide bonds. The lowest BCUT2D eigenvalue weighted by Gasteiger charge is -2.37. The molecule has 2 saturated heterocycles. The van der Waals surface area contributed by atoms with Crippen molar-refractivity contribution in [3.8, 4) is 22.4 Å². The zero-order chi connectivity index (χ0) is 47.1. The summed E-state index contributed by atoms with van der Waals surface area (Å²) in [6.07, 6.45) is 0.938. The minimum Gasteiger partial charge on any atom is -0.478 e. The molecule has 0 saturated carbocycles. The van der Waals surface area contributed by atoms with E-state index in [1.807, 2.05) is 78.8 Å². The highest BCUT2D eigenvalue weighted by atomic mass is 32.2. The van der Waals surface area contributed by atoms with Crippen LogP contribution in [-0.4, -0.2) is 123 Å². The van der Waals surface area contributed by atoms with E-state index >= 15 is 0 Å². The number of aromatic nitrogens is 1. The second-order valence-electron chi connectivity index (χ2n) is 17.4. The van der Waals surface area contributed by atoms with E-state index in [0.717, 1.165) is 111 Å². The van der Waals surface area contributed by atoms with E-state index in [4.69, 9.17) is 0 Å². The predicted molar refractivity (Wildman–Crippen MR) is 270 cm³/mol. The maximum Gasteiger partial charge on any atom is 0.338 e. The van der Waals surface area contributed by atoms with Gasteiger partial charge in [-0.15, -0.1) is 11.8 Å². The first-order valence-electron chi connectivity index (χ1n) is 22.9. The molecule has 2 aliphatic rings. The Kier molecular flexibility index (Phi) is 15.2. The van der Waals surface area contributed by atoms with E-state index in [-0.39, 0.29) is 28.9 Å². The first kappa shape index (κ1) is 47.6. The Balaban J connectivity index is 0.886. The molecule has 0 radical (unpaired) electrons. The SMILES string of the molecule is Cc1cc(S(=O)(=O)Nc2ccc(N3CCN(c4cccc(-c5c(C(=O)O)c(C)n(C)c5-c5ccc(F)cc5)c4)CC3)cc2)ccc1N[C@H](CCN1CCN(CCO)CC1)CSc1ccccc1. The fourth-order valence-corrected chi connectivity index (χ4v) is 11.3. The number of nitrogens with zero attached hydrogens (tertiary/aromatic N) is 5. The number of piperazine rings is 2. The molecule has 2 fully saturated rings. The third-order valence-electron chi connectivity index (χ3n) is 13.0. The third-order valence-corrected chi connectivity index (χ3v) is 15.6. The molecule has 352 valence electrons. The normalized spacial score (nSPS) is 15.4. The fourth-order valence-electron chi connectivity index (χ4n) is 9.14. The van der Waals surface area contributed by atoms with Crippen molar-refractivity contribution >= 4 is 50.5 Å². The van der Waals surface area contributed by atoms with E-state index in [0.29, 0.717) is 22.6 Å². The number of β-amino-alcohol motifs (C(OH)–C–C–N with tert-alkyl or cyclic N) is 1. The van der Waals surface area contributed by atoms with Crippen molar-refractivity contribution in [1.29, 1.82) is 0 Å². The predicted octanol–water partition coefficient (Wildman–Crippen LogP) is 8.51. The highest BCUT2D eigenvalue weighted by Crippen LogP contribution is 2.40. The van der Waals surface area contributed by atoms with Crippen LogP contribution in [0.1, 0.15) is 28.0 Å². The molecule has 1 aromatic heterocycles. The number of rotatable bonds is 18. The molecule has 5 aromatic carbocycles. The van der Waals surface area contributed by atoms with Gasteiger partial charge in [0.2, 0.25) is 0 Å². The second-order valence-corrected chi connectivity index (χ2v) is 20.1. The van der Waals surface area contributed by atoms with Gasteiger partial charge < -0.3 is 34.8 Å². The molecule has 12 nitrogen and oxygen atoms in total. The van der Waals surface area contributed by atoms with E-state index in [2.05, 4.69) is 53.9 Å². The number of sulfonamides is 1. The van der Waals surface area contributed by atoms with Gasteiger partial charge in [-0.05, 0) is 128 Å². The number of carboxylic acid groups (broad SMARTS) is 1. The first-order chi connectivity index (χ1) is 32.4. The summed E-state index contributed by atoms with van der Waals surface area (Å²) in [7, 11) is -2.03. The Bertz CT molecular complexity index is 2740. The Labute approximate surface area is 398 Å². The maximum absolute atomic E-state index is 13.9. The van der Waals surface area contributed by atoms with Crippen LogP contribution in [0.3, 0.4) is 0 Å². The number of aromatic carboxylic acids is 1. The van der Waals surface area contributed by atoms with Gasteiger partial charge in [0.05, 0.1) is 22.8 Å². The lowest BCUT2D eigenvalue weighted by atomic mass is 9.96. The molecule has 67 heavy (non-hydrogen) atoms. The van der Waals surface area contributed by atoms with E-state index in [1.165, 1.54) is 17.0 Å². The Morgan fingerprint density at radius 2 is 1.40 bits per heavy atom. The van der Waals surface area contributed by atoms with E-state index < -0.39 is 16.0 Å². The smallest absolute Gasteiger partial charge is 0.338 e. The van der Waals surface area contributed by atoms with Crippen molar-refractivity contribution in [2.24, 2.45) is 7.05 Å². The van der Waals surface area contributed by atoms with Crippen LogP contribution in [-0.2, 0) is 17.1 Å². The molecule has 0 aliphatic carbocycles. The summed E-state index contributed by atoms with van der Waals surface area (Å²) in [5.41, 5.74) is 7.87. The highest BCUT2D eigenvalue weighted by Gasteiger charge is 2.27. The summed E-state index contributed by atoms with van der Waals surface area (Å²) < 4.78 is 46.0. The number of aliphatic hydroxyl groups excluding tert-OH is 1. The van der Waals surface area contributed by atoms with Gasteiger partial charge in [-0.3, -0.25) is 9.62 Å². The number of nitrogens with one attached hydrogen (secondary N) is 2. The van der Waals surface area contributed by atoms with E-state index in [1.54, 1.807) is 43.3 Å². The molecule has 8 rings (SSSR count). The van der Waals surface area contributed by atoms with Gasteiger partial charge in [-0.25, -0.2) is 17.6 Å². The van der Waals surface area contributed by atoms with Crippen LogP contribution in [0.4, 0.5) is 27.1 Å². The zero-order valence-electron chi connectivity index (χ0n) is 38.4. The summed E-state index contributed by atoms with van der Waals surface area (Å²) in [6.45, 7) is 12.4. The molecular weight excluding hydrogens is 886 g/mol. The number of aryl methyl sites for hydroxylation is 1. The number of hydrogen-bond acceptors (Lipinski definition) is 10. The number of thioether (sulfide) groups is 1. The van der Waals surface area contributed by atoms with Gasteiger partial charge in [0.15, 0.2) is 0 Å². The van der Waals surface area contributed by atoms with Crippen molar-refractivity contribution in [2.45, 2.75) is 36.1 Å². The Hall–Kier alpha value is -5.84. The fraction of sp³-hybridized carbons (Fsp3) is 0.327. The van der Waals surface area contributed by atoms with Gasteiger partial charge in [-0.2, -0.15) is 0 Å². The number of benzene rings is 5. The van der Waals surface area contributed by atoms with Crippen LogP contribution in [0, 0.1) is 19.7 Å². The van der Waals surface area contributed by atoms with Crippen molar-refractivity contribution in [1.82, 2.24) is 14.4 Å². The summed E-state index contributed by atoms with van der Waals surface area (Å²) in [6, 6.07) is 37.4. The van der Waals surface area contributed by atoms with Crippen molar-refractivity contribution in [2.75, 3.05) is 97.6 Å². The quantitative estimate of drug-likeness (QED) is 0.0619. The lowest BCUT2D eigenvalue weighted by molar-refractivity contribution is 0.0696. The van der Waals surface area contributed by atoms with Gasteiger partial charge in [0, 0.05) is 123 Å². The van der Waals surface area contributed by atoms with Crippen LogP contribution in [0.15, 0.2) is 131 Å². The number of halogens is 1. The van der Waals surface area contributed by atoms with E-state index in [9.17, 15) is 27.8 Å². The summed E-state index contributed by atoms with van der Waals surface area (Å²) >= 11 is 1.82. The standard InChI is InChI=1S/C52H60FN7O5S2/c1-37-34-47(20-21-48(37)54-43(36-66-46-10-5-4-6-11-46)22-23-57-24-26-58(27-25-57)32-33-61)67(64,65)55-42-16-18-44(19-17-42)59-28-30-60(31-29-59)45-9-7-8-40(35-45)50-49(52(62)63)38(2)56(3)51(50)39-12-14-41(53)15-13-39/h4-21,34-35,43,54-55,61H,22-33,36H2,1-3H3,(H,62,63)/t43-/m1/s1. The molecule has 0 bridgehead atoms. The third kappa shape index (κ3) is 11.5. The average Bonchev–Trinajstić information content (AvgIpc) is 3.61. The number of aliphatic hydroxyl groups is 1. The van der Waals surface area contributed by atoms with Gasteiger partial charge in [-0.1, -0.05) is 30.3 Å². The van der Waals surface area contributed by atoms with Crippen molar-refractivity contribution in [3.05, 3.63) is 144 Å². The van der Waals surface area contributed by atoms with Gasteiger partial charge in [0.1, 0.15) is 5.82 Å². The summed E-state index contributed by atoms with van der Waals surface area (Å²) in [4.78, 5) is 23.4. The highest BCUT2D eigenvalue weighted by molar-refractivity contribution is 7.99. The van der Waals surface area contributed by atoms with Crippen LogP contribution in [0.2, 0.25) is 0 Å². The number of hydrogen-bond donors (Lipinski definition) is 4. The molecular formula is C52H60FN7O5S2. The largest absolute Gasteiger partial charge is 0.478 e. The molecule has 4 N–H and O–H groups in total. The van der Waals surface area contributed by atoms with Crippen LogP contribution >= 0.6 is 11.8 Å². The zero-order valence-corrected chi connectivity index (χ0v) is 40.0. The Morgan fingerprint density at radius 3 is 2.04 bits per heavy atom. The maximum atomic E-state index is 13.9. The number of carboxylic acids is 1. The average molecular weight is 946 g/mol. The molecule has 2 aliphatic heterocycles. The van der Waals surface area contributed by atoms with Gasteiger partial charge in [0.25, 0.3) is 10.0 Å². The Morgan fingerprint density at radius 1 is 0.746 bits per heavy atom. The topological polar surface area (TPSA) is 134 Å². The second kappa shape index (κ2) is 21.4. The molecule has 6 aromatic rings. The minimum atomic E-state index is -3.87. The molecule has 3 heterocycles. The summed E-state index contributed by atoms with van der Waals surface area (Å²) in [5, 5.41) is 23.4. The molecule has 0 spiro atoms. The van der Waals surface area contributed by atoms with Gasteiger partial charge >= 0.3 is 5.97 Å². The number of anilines is 4. The lowest BCUT2D eigenvalue weighted by Crippen LogP contribution is -2.48. The molecule has 15 heteroatoms. The monoisotopic (exact) mass is 945 g/mol. The summed E-state index contributed by atoms with van der Waals surface area (Å²) in [5.74, 6) is -0.510.